The maximum Gasteiger partial charge on any atom is 0.129 e. The summed E-state index contributed by atoms with van der Waals surface area (Å²) in [5, 5.41) is 0. The maximum atomic E-state index is 13.4. The van der Waals surface area contributed by atoms with Crippen LogP contribution in [0.4, 0.5) is 4.39 Å². The lowest BCUT2D eigenvalue weighted by Gasteiger charge is -2.50. The summed E-state index contributed by atoms with van der Waals surface area (Å²) in [5.41, 5.74) is 0.809. The quantitative estimate of drug-likeness (QED) is 0.749. The molecule has 17 heavy (non-hydrogen) atoms. The Morgan fingerprint density at radius 2 is 2.24 bits per heavy atom. The lowest BCUT2D eigenvalue weighted by atomic mass is 9.65. The summed E-state index contributed by atoms with van der Waals surface area (Å²) < 4.78 is 19.3. The van der Waals surface area contributed by atoms with Crippen LogP contribution in [0.1, 0.15) is 32.3 Å². The van der Waals surface area contributed by atoms with E-state index in [1.165, 1.54) is 6.07 Å². The number of ether oxygens (including phenoxy) is 1. The van der Waals surface area contributed by atoms with Crippen LogP contribution >= 0.6 is 15.9 Å². The third kappa shape index (κ3) is 2.22. The van der Waals surface area contributed by atoms with Crippen molar-refractivity contribution in [2.45, 2.75) is 44.5 Å². The Labute approximate surface area is 110 Å². The average molecular weight is 301 g/mol. The molecule has 0 N–H and O–H groups in total. The second kappa shape index (κ2) is 4.60. The highest BCUT2D eigenvalue weighted by molar-refractivity contribution is 9.09. The van der Waals surface area contributed by atoms with Crippen molar-refractivity contribution < 1.29 is 9.13 Å². The zero-order valence-corrected chi connectivity index (χ0v) is 12.1. The minimum atomic E-state index is -0.199. The molecule has 3 unspecified atom stereocenters. The number of hydrogen-bond acceptors (Lipinski definition) is 1. The van der Waals surface area contributed by atoms with Gasteiger partial charge in [-0.25, -0.2) is 4.39 Å². The van der Waals surface area contributed by atoms with E-state index in [1.807, 2.05) is 6.07 Å². The van der Waals surface area contributed by atoms with E-state index in [0.717, 1.165) is 12.8 Å². The summed E-state index contributed by atoms with van der Waals surface area (Å²) in [6.45, 7) is 6.14. The highest BCUT2D eigenvalue weighted by Crippen LogP contribution is 2.50. The molecule has 0 heterocycles. The van der Waals surface area contributed by atoms with Crippen LogP contribution in [-0.2, 0) is 0 Å². The van der Waals surface area contributed by atoms with E-state index < -0.39 is 0 Å². The van der Waals surface area contributed by atoms with Crippen LogP contribution in [0.5, 0.6) is 5.75 Å². The standard InChI is InChI=1S/C14H18BrFO/c1-4-14(3)12(15)8-13(14)17-10-6-5-9(2)11(16)7-10/h5-7,12-13H,4,8H2,1-3H3. The van der Waals surface area contributed by atoms with Gasteiger partial charge in [-0.2, -0.15) is 0 Å². The first-order chi connectivity index (χ1) is 7.97. The molecule has 0 aliphatic heterocycles. The SMILES string of the molecule is CCC1(C)C(Br)CC1Oc1ccc(C)c(F)c1. The molecule has 1 aliphatic carbocycles. The van der Waals surface area contributed by atoms with Crippen LogP contribution in [-0.4, -0.2) is 10.9 Å². The van der Waals surface area contributed by atoms with E-state index in [9.17, 15) is 4.39 Å². The molecule has 0 saturated heterocycles. The number of alkyl halides is 1. The Balaban J connectivity index is 2.09. The Bertz CT molecular complexity index is 421. The number of aryl methyl sites for hydroxylation is 1. The van der Waals surface area contributed by atoms with Gasteiger partial charge in [-0.15, -0.1) is 0 Å². The maximum absolute atomic E-state index is 13.4. The topological polar surface area (TPSA) is 9.23 Å². The summed E-state index contributed by atoms with van der Waals surface area (Å²) in [6.07, 6.45) is 2.22. The van der Waals surface area contributed by atoms with Crippen LogP contribution in [0.25, 0.3) is 0 Å². The molecule has 0 bridgehead atoms. The summed E-state index contributed by atoms with van der Waals surface area (Å²) in [5.74, 6) is 0.438. The van der Waals surface area contributed by atoms with Crippen molar-refractivity contribution in [2.24, 2.45) is 5.41 Å². The van der Waals surface area contributed by atoms with E-state index in [-0.39, 0.29) is 17.3 Å². The van der Waals surface area contributed by atoms with E-state index in [1.54, 1.807) is 13.0 Å². The van der Waals surface area contributed by atoms with Crippen molar-refractivity contribution in [2.75, 3.05) is 0 Å². The van der Waals surface area contributed by atoms with Gasteiger partial charge in [0.2, 0.25) is 0 Å². The van der Waals surface area contributed by atoms with Crippen LogP contribution < -0.4 is 4.74 Å². The van der Waals surface area contributed by atoms with E-state index in [0.29, 0.717) is 16.1 Å². The summed E-state index contributed by atoms with van der Waals surface area (Å²) in [6, 6.07) is 5.08. The molecule has 0 radical (unpaired) electrons. The monoisotopic (exact) mass is 300 g/mol. The molecule has 1 aliphatic rings. The normalized spacial score (nSPS) is 32.1. The van der Waals surface area contributed by atoms with Gasteiger partial charge in [0.1, 0.15) is 17.7 Å². The summed E-state index contributed by atoms with van der Waals surface area (Å²) in [4.78, 5) is 0.500. The number of hydrogen-bond donors (Lipinski definition) is 0. The molecular formula is C14H18BrFO. The predicted octanol–water partition coefficient (Wildman–Crippen LogP) is 4.47. The van der Waals surface area contributed by atoms with Crippen molar-refractivity contribution in [3.63, 3.8) is 0 Å². The third-order valence-electron chi connectivity index (χ3n) is 4.06. The number of rotatable bonds is 3. The van der Waals surface area contributed by atoms with Gasteiger partial charge in [-0.3, -0.25) is 0 Å². The molecule has 2 rings (SSSR count). The predicted molar refractivity (Wildman–Crippen MR) is 71.3 cm³/mol. The van der Waals surface area contributed by atoms with Gasteiger partial charge in [-0.1, -0.05) is 35.8 Å². The van der Waals surface area contributed by atoms with E-state index in [2.05, 4.69) is 29.8 Å². The zero-order valence-electron chi connectivity index (χ0n) is 10.5. The molecule has 1 saturated carbocycles. The Kier molecular flexibility index (Phi) is 3.48. The van der Waals surface area contributed by atoms with Crippen LogP contribution in [0.3, 0.4) is 0 Å². The van der Waals surface area contributed by atoms with Crippen LogP contribution in [0.15, 0.2) is 18.2 Å². The largest absolute Gasteiger partial charge is 0.490 e. The Hall–Kier alpha value is -0.570. The number of benzene rings is 1. The molecule has 94 valence electrons. The first-order valence-electron chi connectivity index (χ1n) is 6.04. The molecule has 1 fully saturated rings. The molecule has 0 aromatic heterocycles. The lowest BCUT2D eigenvalue weighted by molar-refractivity contribution is -0.0244. The fraction of sp³-hybridized carbons (Fsp3) is 0.571. The Morgan fingerprint density at radius 3 is 2.76 bits per heavy atom. The first-order valence-corrected chi connectivity index (χ1v) is 6.96. The molecule has 1 nitrogen and oxygen atoms in total. The molecule has 1 aromatic rings. The van der Waals surface area contributed by atoms with Gasteiger partial charge in [0, 0.05) is 16.3 Å². The zero-order chi connectivity index (χ0) is 12.6. The van der Waals surface area contributed by atoms with Crippen LogP contribution in [0, 0.1) is 18.2 Å². The molecular weight excluding hydrogens is 283 g/mol. The minimum absolute atomic E-state index is 0.154. The summed E-state index contributed by atoms with van der Waals surface area (Å²) in [7, 11) is 0. The molecule has 3 atom stereocenters. The first kappa shape index (κ1) is 12.9. The van der Waals surface area contributed by atoms with Gasteiger partial charge in [0.05, 0.1) is 0 Å². The van der Waals surface area contributed by atoms with Gasteiger partial charge >= 0.3 is 0 Å². The van der Waals surface area contributed by atoms with Crippen molar-refractivity contribution in [1.29, 1.82) is 0 Å². The molecule has 1 aromatic carbocycles. The lowest BCUT2D eigenvalue weighted by Crippen LogP contribution is -2.54. The van der Waals surface area contributed by atoms with E-state index >= 15 is 0 Å². The van der Waals surface area contributed by atoms with Gasteiger partial charge in [0.25, 0.3) is 0 Å². The number of halogens is 2. The fourth-order valence-electron chi connectivity index (χ4n) is 2.21. The van der Waals surface area contributed by atoms with Gasteiger partial charge < -0.3 is 4.74 Å². The summed E-state index contributed by atoms with van der Waals surface area (Å²) >= 11 is 3.67. The third-order valence-corrected chi connectivity index (χ3v) is 5.48. The van der Waals surface area contributed by atoms with Crippen molar-refractivity contribution in [3.8, 4) is 5.75 Å². The van der Waals surface area contributed by atoms with E-state index in [4.69, 9.17) is 4.74 Å². The molecule has 3 heteroatoms. The minimum Gasteiger partial charge on any atom is -0.490 e. The van der Waals surface area contributed by atoms with Crippen molar-refractivity contribution in [3.05, 3.63) is 29.6 Å². The smallest absolute Gasteiger partial charge is 0.129 e. The van der Waals surface area contributed by atoms with Crippen LogP contribution in [0.2, 0.25) is 0 Å². The fourth-order valence-corrected chi connectivity index (χ4v) is 3.17. The highest BCUT2D eigenvalue weighted by atomic mass is 79.9. The van der Waals surface area contributed by atoms with Crippen molar-refractivity contribution in [1.82, 2.24) is 0 Å². The second-order valence-corrected chi connectivity index (χ2v) is 6.19. The van der Waals surface area contributed by atoms with Crippen molar-refractivity contribution >= 4 is 15.9 Å². The highest BCUT2D eigenvalue weighted by Gasteiger charge is 2.50. The Morgan fingerprint density at radius 1 is 1.53 bits per heavy atom. The van der Waals surface area contributed by atoms with Gasteiger partial charge in [-0.05, 0) is 31.4 Å². The second-order valence-electron chi connectivity index (χ2n) is 5.08. The molecule has 0 spiro atoms. The average Bonchev–Trinajstić information content (AvgIpc) is 2.32. The molecule has 0 amide bonds. The van der Waals surface area contributed by atoms with Gasteiger partial charge in [0.15, 0.2) is 0 Å².